The maximum absolute atomic E-state index is 10.3. The SMILES string of the molecule is [O]=[Re](=[O])(=[O])[C]1=CC=CC1. The van der Waals surface area contributed by atoms with Gasteiger partial charge in [-0.25, -0.2) is 0 Å². The predicted octanol–water partition coefficient (Wildman–Crippen LogP) is 1.02. The van der Waals surface area contributed by atoms with Crippen LogP contribution in [0.25, 0.3) is 0 Å². The van der Waals surface area contributed by atoms with Crippen molar-refractivity contribution < 1.29 is 25.8 Å². The monoisotopic (exact) mass is 300 g/mol. The van der Waals surface area contributed by atoms with Crippen LogP contribution >= 0.6 is 0 Å². The van der Waals surface area contributed by atoms with Gasteiger partial charge in [-0.05, 0) is 0 Å². The van der Waals surface area contributed by atoms with Crippen molar-refractivity contribution in [1.82, 2.24) is 0 Å². The molecule has 0 bridgehead atoms. The van der Waals surface area contributed by atoms with Gasteiger partial charge in [-0.3, -0.25) is 0 Å². The van der Waals surface area contributed by atoms with E-state index >= 15 is 0 Å². The number of hydrogen-bond donors (Lipinski definition) is 0. The van der Waals surface area contributed by atoms with Gasteiger partial charge in [0, 0.05) is 0 Å². The third-order valence-electron chi connectivity index (χ3n) is 1.02. The first-order valence-corrected chi connectivity index (χ1v) is 7.05. The van der Waals surface area contributed by atoms with Gasteiger partial charge in [-0.2, -0.15) is 0 Å². The van der Waals surface area contributed by atoms with Crippen molar-refractivity contribution in [3.63, 3.8) is 0 Å². The molecule has 1 aliphatic rings. The first kappa shape index (κ1) is 6.66. The van der Waals surface area contributed by atoms with Crippen molar-refractivity contribution in [1.29, 1.82) is 0 Å². The zero-order valence-corrected chi connectivity index (χ0v) is 7.26. The number of hydrogen-bond acceptors (Lipinski definition) is 3. The molecule has 0 unspecified atom stereocenters. The van der Waals surface area contributed by atoms with E-state index in [-0.39, 0.29) is 4.05 Å². The van der Waals surface area contributed by atoms with Gasteiger partial charge in [0.25, 0.3) is 0 Å². The Balaban J connectivity index is 3.06. The van der Waals surface area contributed by atoms with Crippen LogP contribution < -0.4 is 0 Å². The van der Waals surface area contributed by atoms with E-state index in [1.54, 1.807) is 12.2 Å². The average Bonchev–Trinajstić information content (AvgIpc) is 2.08. The van der Waals surface area contributed by atoms with E-state index in [4.69, 9.17) is 0 Å². The molecule has 0 aliphatic heterocycles. The Morgan fingerprint density at radius 2 is 2.00 bits per heavy atom. The second-order valence-electron chi connectivity index (χ2n) is 1.67. The van der Waals surface area contributed by atoms with Crippen molar-refractivity contribution in [3.8, 4) is 0 Å². The van der Waals surface area contributed by atoms with E-state index in [2.05, 4.69) is 0 Å². The Bertz CT molecular complexity index is 298. The summed E-state index contributed by atoms with van der Waals surface area (Å²) in [5.41, 5.74) is 0. The standard InChI is InChI=1S/C5H5.3O.Re/c1-2-4-5-3-1;;;;/h1-3H,4H2;;;;. The van der Waals surface area contributed by atoms with E-state index in [9.17, 15) is 10.4 Å². The van der Waals surface area contributed by atoms with E-state index in [0.717, 1.165) is 0 Å². The van der Waals surface area contributed by atoms with Gasteiger partial charge >= 0.3 is 54.5 Å². The molecule has 0 radical (unpaired) electrons. The Kier molecular flexibility index (Phi) is 1.52. The fraction of sp³-hybridized carbons (Fsp3) is 0.200. The van der Waals surface area contributed by atoms with Crippen LogP contribution in [0.15, 0.2) is 22.3 Å². The van der Waals surface area contributed by atoms with E-state index < -0.39 is 15.4 Å². The molecule has 1 rings (SSSR count). The minimum absolute atomic E-state index is 0.0787. The first-order chi connectivity index (χ1) is 4.11. The van der Waals surface area contributed by atoms with Gasteiger partial charge in [0.15, 0.2) is 0 Å². The van der Waals surface area contributed by atoms with Gasteiger partial charge in [-0.15, -0.1) is 0 Å². The molecular formula is C5H5O3Re. The molecule has 0 atom stereocenters. The topological polar surface area (TPSA) is 51.2 Å². The van der Waals surface area contributed by atoms with Crippen molar-refractivity contribution in [3.05, 3.63) is 22.3 Å². The van der Waals surface area contributed by atoms with Crippen molar-refractivity contribution >= 4 is 0 Å². The molecule has 0 aromatic carbocycles. The molecule has 0 heterocycles. The van der Waals surface area contributed by atoms with E-state index in [1.807, 2.05) is 0 Å². The Morgan fingerprint density at radius 1 is 1.33 bits per heavy atom. The molecular weight excluding hydrogens is 294 g/mol. The predicted molar refractivity (Wildman–Crippen MR) is 23.9 cm³/mol. The summed E-state index contributed by atoms with van der Waals surface area (Å²) in [6.45, 7) is 0. The maximum atomic E-state index is 10.3. The molecule has 3 nitrogen and oxygen atoms in total. The zero-order valence-electron chi connectivity index (χ0n) is 4.54. The molecule has 4 heteroatoms. The molecule has 0 aromatic heterocycles. The molecule has 0 saturated heterocycles. The van der Waals surface area contributed by atoms with E-state index in [0.29, 0.717) is 6.42 Å². The fourth-order valence-corrected chi connectivity index (χ4v) is 2.41. The van der Waals surface area contributed by atoms with Crippen LogP contribution in [0.3, 0.4) is 0 Å². The van der Waals surface area contributed by atoms with Crippen molar-refractivity contribution in [2.24, 2.45) is 0 Å². The normalized spacial score (nSPS) is 18.0. The van der Waals surface area contributed by atoms with Crippen LogP contribution in [-0.4, -0.2) is 0 Å². The summed E-state index contributed by atoms with van der Waals surface area (Å²) in [5, 5.41) is 0. The van der Waals surface area contributed by atoms with Crippen molar-refractivity contribution in [2.45, 2.75) is 6.42 Å². The molecule has 0 saturated carbocycles. The van der Waals surface area contributed by atoms with Gasteiger partial charge in [0.05, 0.1) is 0 Å². The summed E-state index contributed by atoms with van der Waals surface area (Å²) < 4.78 is 30.9. The Labute approximate surface area is 55.0 Å². The molecule has 0 N–H and O–H groups in total. The van der Waals surface area contributed by atoms with Gasteiger partial charge in [-0.1, -0.05) is 0 Å². The van der Waals surface area contributed by atoms with Gasteiger partial charge in [0.1, 0.15) is 0 Å². The summed E-state index contributed by atoms with van der Waals surface area (Å²) in [7, 11) is 0. The summed E-state index contributed by atoms with van der Waals surface area (Å²) >= 11 is -5.26. The molecule has 1 aliphatic carbocycles. The second kappa shape index (κ2) is 2.05. The van der Waals surface area contributed by atoms with Crippen LogP contribution in [0.4, 0.5) is 0 Å². The molecule has 0 fully saturated rings. The molecule has 50 valence electrons. The Morgan fingerprint density at radius 3 is 2.22 bits per heavy atom. The average molecular weight is 299 g/mol. The first-order valence-electron chi connectivity index (χ1n) is 2.37. The van der Waals surface area contributed by atoms with Crippen LogP contribution in [0, 0.1) is 0 Å². The summed E-state index contributed by atoms with van der Waals surface area (Å²) in [6.07, 6.45) is 4.93. The van der Waals surface area contributed by atoms with Crippen molar-refractivity contribution in [2.75, 3.05) is 0 Å². The van der Waals surface area contributed by atoms with Crippen LogP contribution in [0.1, 0.15) is 6.42 Å². The number of rotatable bonds is 1. The molecule has 0 spiro atoms. The van der Waals surface area contributed by atoms with Crippen LogP contribution in [0.2, 0.25) is 0 Å². The molecule has 0 aromatic rings. The van der Waals surface area contributed by atoms with Crippen LogP contribution in [-0.2, 0) is 25.8 Å². The minimum atomic E-state index is -5.26. The summed E-state index contributed by atoms with van der Waals surface area (Å²) in [6, 6.07) is 0. The van der Waals surface area contributed by atoms with Crippen LogP contribution in [0.5, 0.6) is 0 Å². The fourth-order valence-electron chi connectivity index (χ4n) is 0.593. The second-order valence-corrected chi connectivity index (χ2v) is 6.43. The van der Waals surface area contributed by atoms with Gasteiger partial charge < -0.3 is 0 Å². The third-order valence-corrected chi connectivity index (χ3v) is 4.17. The molecule has 9 heavy (non-hydrogen) atoms. The third kappa shape index (κ3) is 1.47. The van der Waals surface area contributed by atoms with E-state index in [1.165, 1.54) is 6.08 Å². The quantitative estimate of drug-likeness (QED) is 0.726. The summed E-state index contributed by atoms with van der Waals surface area (Å²) in [4.78, 5) is 0. The number of allylic oxidation sites excluding steroid dienone is 4. The zero-order chi connectivity index (χ0) is 6.91. The Hall–Kier alpha value is -0.458. The summed E-state index contributed by atoms with van der Waals surface area (Å²) in [5.74, 6) is 0. The molecule has 0 amide bonds. The van der Waals surface area contributed by atoms with Gasteiger partial charge in [0.2, 0.25) is 0 Å².